The maximum atomic E-state index is 14.9. The Kier molecular flexibility index (Phi) is 4.86. The Balaban J connectivity index is 1.60. The molecule has 0 aliphatic carbocycles. The van der Waals surface area contributed by atoms with Gasteiger partial charge in [-0.3, -0.25) is 4.68 Å². The van der Waals surface area contributed by atoms with E-state index in [0.717, 1.165) is 22.2 Å². The number of hydrogen-bond donors (Lipinski definition) is 0. The first-order valence-corrected chi connectivity index (χ1v) is 10.2. The lowest BCUT2D eigenvalue weighted by atomic mass is 10.1. The molecule has 4 heterocycles. The Morgan fingerprint density at radius 3 is 2.74 bits per heavy atom. The van der Waals surface area contributed by atoms with Crippen LogP contribution in [0.1, 0.15) is 22.9 Å². The van der Waals surface area contributed by atoms with Crippen LogP contribution in [0.4, 0.5) is 10.3 Å². The molecule has 0 saturated carbocycles. The van der Waals surface area contributed by atoms with Gasteiger partial charge in [-0.15, -0.1) is 0 Å². The highest BCUT2D eigenvalue weighted by Gasteiger charge is 2.26. The number of nitrogens with zero attached hydrogens (tertiary/aromatic N) is 6. The Morgan fingerprint density at radius 1 is 1.10 bits per heavy atom. The number of aryl methyl sites for hydroxylation is 3. The Labute approximate surface area is 179 Å². The van der Waals surface area contributed by atoms with Gasteiger partial charge in [0.2, 0.25) is 5.95 Å². The van der Waals surface area contributed by atoms with E-state index in [0.29, 0.717) is 42.5 Å². The molecule has 8 heteroatoms. The van der Waals surface area contributed by atoms with Crippen LogP contribution in [0.15, 0.2) is 42.7 Å². The lowest BCUT2D eigenvalue weighted by molar-refractivity contribution is 0.0392. The van der Waals surface area contributed by atoms with Gasteiger partial charge in [0.1, 0.15) is 11.9 Å². The first-order chi connectivity index (χ1) is 15.0. The van der Waals surface area contributed by atoms with Gasteiger partial charge in [0.15, 0.2) is 5.65 Å². The second-order valence-corrected chi connectivity index (χ2v) is 7.93. The molecule has 1 saturated heterocycles. The fraction of sp³-hybridized carbons (Fsp3) is 0.304. The molecule has 3 aromatic heterocycles. The van der Waals surface area contributed by atoms with Gasteiger partial charge in [-0.25, -0.2) is 14.4 Å². The minimum absolute atomic E-state index is 0.133. The minimum Gasteiger partial charge on any atom is -0.370 e. The van der Waals surface area contributed by atoms with Crippen LogP contribution < -0.4 is 4.90 Å². The maximum Gasteiger partial charge on any atom is 0.228 e. The van der Waals surface area contributed by atoms with Crippen molar-refractivity contribution in [3.05, 3.63) is 65.4 Å². The van der Waals surface area contributed by atoms with Gasteiger partial charge in [-0.1, -0.05) is 6.07 Å². The van der Waals surface area contributed by atoms with Gasteiger partial charge in [0, 0.05) is 42.0 Å². The van der Waals surface area contributed by atoms with Crippen LogP contribution in [-0.2, 0) is 11.8 Å². The number of halogens is 1. The summed E-state index contributed by atoms with van der Waals surface area (Å²) in [5.74, 6) is 0.222. The summed E-state index contributed by atoms with van der Waals surface area (Å²) in [7, 11) is 1.88. The molecule has 0 amide bonds. The zero-order valence-electron chi connectivity index (χ0n) is 17.7. The summed E-state index contributed by atoms with van der Waals surface area (Å²) < 4.78 is 22.6. The van der Waals surface area contributed by atoms with E-state index in [2.05, 4.69) is 15.0 Å². The molecule has 0 unspecified atom stereocenters. The molecule has 0 radical (unpaired) electrons. The molecule has 1 aromatic carbocycles. The van der Waals surface area contributed by atoms with Crippen LogP contribution in [-0.4, -0.2) is 44.4 Å². The molecule has 0 bridgehead atoms. The van der Waals surface area contributed by atoms with Crippen molar-refractivity contribution in [2.45, 2.75) is 20.0 Å². The Morgan fingerprint density at radius 2 is 1.97 bits per heavy atom. The van der Waals surface area contributed by atoms with E-state index in [9.17, 15) is 4.39 Å². The third-order valence-electron chi connectivity index (χ3n) is 5.51. The number of morpholine rings is 1. The van der Waals surface area contributed by atoms with E-state index in [1.165, 1.54) is 6.07 Å². The van der Waals surface area contributed by atoms with Crippen molar-refractivity contribution in [1.82, 2.24) is 24.7 Å². The average Bonchev–Trinajstić information content (AvgIpc) is 3.19. The van der Waals surface area contributed by atoms with Gasteiger partial charge >= 0.3 is 0 Å². The summed E-state index contributed by atoms with van der Waals surface area (Å²) in [6, 6.07) is 8.99. The van der Waals surface area contributed by atoms with Crippen LogP contribution in [0, 0.1) is 19.7 Å². The third kappa shape index (κ3) is 3.74. The van der Waals surface area contributed by atoms with Crippen molar-refractivity contribution < 1.29 is 9.13 Å². The molecule has 1 atom stereocenters. The predicted octanol–water partition coefficient (Wildman–Crippen LogP) is 3.76. The van der Waals surface area contributed by atoms with E-state index < -0.39 is 0 Å². The highest BCUT2D eigenvalue weighted by atomic mass is 19.1. The van der Waals surface area contributed by atoms with Crippen LogP contribution in [0.25, 0.3) is 22.3 Å². The average molecular weight is 418 g/mol. The summed E-state index contributed by atoms with van der Waals surface area (Å²) in [4.78, 5) is 16.2. The minimum atomic E-state index is -0.304. The smallest absolute Gasteiger partial charge is 0.228 e. The Bertz CT molecular complexity index is 1270. The fourth-order valence-corrected chi connectivity index (χ4v) is 3.89. The lowest BCUT2D eigenvalue weighted by Gasteiger charge is -2.32. The molecular formula is C23H23FN6O. The summed E-state index contributed by atoms with van der Waals surface area (Å²) in [6.45, 7) is 5.55. The second kappa shape index (κ2) is 7.70. The van der Waals surface area contributed by atoms with E-state index in [4.69, 9.17) is 14.7 Å². The van der Waals surface area contributed by atoms with Crippen molar-refractivity contribution in [3.8, 4) is 11.3 Å². The highest BCUT2D eigenvalue weighted by Crippen LogP contribution is 2.31. The molecule has 0 N–H and O–H groups in total. The van der Waals surface area contributed by atoms with Crippen LogP contribution >= 0.6 is 0 Å². The van der Waals surface area contributed by atoms with Crippen molar-refractivity contribution in [1.29, 1.82) is 0 Å². The predicted molar refractivity (Wildman–Crippen MR) is 116 cm³/mol. The van der Waals surface area contributed by atoms with E-state index in [1.54, 1.807) is 10.7 Å². The molecule has 31 heavy (non-hydrogen) atoms. The quantitative estimate of drug-likeness (QED) is 0.505. The number of ether oxygens (including phenoxy) is 1. The second-order valence-electron chi connectivity index (χ2n) is 7.93. The fourth-order valence-electron chi connectivity index (χ4n) is 3.89. The van der Waals surface area contributed by atoms with Crippen molar-refractivity contribution >= 4 is 17.0 Å². The van der Waals surface area contributed by atoms with Gasteiger partial charge in [-0.05, 0) is 43.7 Å². The molecule has 7 nitrogen and oxygen atoms in total. The summed E-state index contributed by atoms with van der Waals surface area (Å²) in [5, 5.41) is 4.98. The lowest BCUT2D eigenvalue weighted by Crippen LogP contribution is -2.39. The van der Waals surface area contributed by atoms with Crippen LogP contribution in [0.2, 0.25) is 0 Å². The number of anilines is 1. The van der Waals surface area contributed by atoms with Crippen molar-refractivity contribution in [2.24, 2.45) is 7.05 Å². The largest absolute Gasteiger partial charge is 0.370 e. The standard InChI is InChI=1S/C23H23FN6O/c1-14-4-6-17(19(24)10-14)21-18-7-5-15(2)26-22(18)28-23(27-21)30-8-9-31-20(13-30)16-11-25-29(3)12-16/h4-7,10-12,20H,8-9,13H2,1-3H3/t20-/m0/s1. The molecule has 1 aliphatic heterocycles. The zero-order valence-corrected chi connectivity index (χ0v) is 17.7. The number of rotatable bonds is 3. The SMILES string of the molecule is Cc1ccc(-c2nc(N3CCO[C@H](c4cnn(C)c4)C3)nc3nc(C)ccc23)c(F)c1. The van der Waals surface area contributed by atoms with Crippen molar-refractivity contribution in [2.75, 3.05) is 24.6 Å². The number of fused-ring (bicyclic) bond motifs is 1. The summed E-state index contributed by atoms with van der Waals surface area (Å²) >= 11 is 0. The Hall–Kier alpha value is -3.39. The summed E-state index contributed by atoms with van der Waals surface area (Å²) in [6.07, 6.45) is 3.63. The van der Waals surface area contributed by atoms with Gasteiger partial charge in [0.05, 0.1) is 25.0 Å². The number of benzene rings is 1. The van der Waals surface area contributed by atoms with E-state index in [1.807, 2.05) is 51.5 Å². The molecule has 158 valence electrons. The van der Waals surface area contributed by atoms with Gasteiger partial charge < -0.3 is 9.64 Å². The van der Waals surface area contributed by atoms with Crippen molar-refractivity contribution in [3.63, 3.8) is 0 Å². The van der Waals surface area contributed by atoms with Gasteiger partial charge in [-0.2, -0.15) is 10.1 Å². The summed E-state index contributed by atoms with van der Waals surface area (Å²) in [5.41, 5.74) is 4.27. The topological polar surface area (TPSA) is 69.0 Å². The monoisotopic (exact) mass is 418 g/mol. The molecule has 4 aromatic rings. The third-order valence-corrected chi connectivity index (χ3v) is 5.51. The van der Waals surface area contributed by atoms with E-state index >= 15 is 0 Å². The normalized spacial score (nSPS) is 16.8. The van der Waals surface area contributed by atoms with Crippen LogP contribution in [0.5, 0.6) is 0 Å². The number of pyridine rings is 1. The zero-order chi connectivity index (χ0) is 21.5. The maximum absolute atomic E-state index is 14.9. The molecule has 5 rings (SSSR count). The molecular weight excluding hydrogens is 395 g/mol. The molecule has 1 aliphatic rings. The van der Waals surface area contributed by atoms with Gasteiger partial charge in [0.25, 0.3) is 0 Å². The molecule has 0 spiro atoms. The number of hydrogen-bond acceptors (Lipinski definition) is 6. The van der Waals surface area contributed by atoms with Crippen LogP contribution in [0.3, 0.4) is 0 Å². The highest BCUT2D eigenvalue weighted by molar-refractivity contribution is 5.91. The molecule has 1 fully saturated rings. The number of aromatic nitrogens is 5. The first kappa shape index (κ1) is 19.6. The van der Waals surface area contributed by atoms with E-state index in [-0.39, 0.29) is 11.9 Å². The first-order valence-electron chi connectivity index (χ1n) is 10.2.